The number of aryl methyl sites for hydroxylation is 2. The van der Waals surface area contributed by atoms with Gasteiger partial charge in [-0.3, -0.25) is 0 Å². The van der Waals surface area contributed by atoms with Crippen molar-refractivity contribution in [3.8, 4) is 55.6 Å². The number of benzene rings is 12. The fraction of sp³-hybridized carbons (Fsp3) is 0.0270. The molecule has 0 amide bonds. The Kier molecular flexibility index (Phi) is 11.6. The maximum atomic E-state index is 6.41. The molecule has 14 rings (SSSR count). The lowest BCUT2D eigenvalue weighted by Crippen LogP contribution is -2.14. The van der Waals surface area contributed by atoms with Crippen LogP contribution in [0.15, 0.2) is 288 Å². The second-order valence-electron chi connectivity index (χ2n) is 20.1. The molecule has 0 radical (unpaired) electrons. The van der Waals surface area contributed by atoms with Crippen molar-refractivity contribution >= 4 is 78.0 Å². The summed E-state index contributed by atoms with van der Waals surface area (Å²) in [4.78, 5) is 4.93. The zero-order valence-corrected chi connectivity index (χ0v) is 43.3. The minimum Gasteiger partial charge on any atom is -0.456 e. The van der Waals surface area contributed by atoms with E-state index in [1.54, 1.807) is 0 Å². The Labute approximate surface area is 454 Å². The highest BCUT2D eigenvalue weighted by Crippen LogP contribution is 2.51. The van der Waals surface area contributed by atoms with Crippen molar-refractivity contribution in [2.45, 2.75) is 13.8 Å². The summed E-state index contributed by atoms with van der Waals surface area (Å²) in [5, 5.41) is 4.33. The average molecular weight is 1000 g/mol. The zero-order valence-electron chi connectivity index (χ0n) is 43.3. The number of hydrogen-bond acceptors (Lipinski definition) is 4. The van der Waals surface area contributed by atoms with Gasteiger partial charge in [0.25, 0.3) is 0 Å². The fourth-order valence-corrected chi connectivity index (χ4v) is 11.6. The van der Waals surface area contributed by atoms with Crippen LogP contribution in [-0.2, 0) is 0 Å². The molecule has 12 aromatic carbocycles. The van der Waals surface area contributed by atoms with Gasteiger partial charge in [0.05, 0.1) is 11.4 Å². The van der Waals surface area contributed by atoms with Crippen molar-refractivity contribution in [1.82, 2.24) is 0 Å². The maximum absolute atomic E-state index is 6.41. The highest BCUT2D eigenvalue weighted by Gasteiger charge is 2.27. The summed E-state index contributed by atoms with van der Waals surface area (Å²) in [5.74, 6) is 0. The van der Waals surface area contributed by atoms with Crippen LogP contribution in [0, 0.1) is 13.8 Å². The van der Waals surface area contributed by atoms with Gasteiger partial charge in [0.15, 0.2) is 0 Å². The average Bonchev–Trinajstić information content (AvgIpc) is 4.18. The normalized spacial score (nSPS) is 11.5. The van der Waals surface area contributed by atoms with Crippen molar-refractivity contribution in [1.29, 1.82) is 0 Å². The lowest BCUT2D eigenvalue weighted by molar-refractivity contribution is 0.668. The zero-order chi connectivity index (χ0) is 52.1. The number of anilines is 6. The van der Waals surface area contributed by atoms with Gasteiger partial charge in [0.1, 0.15) is 22.3 Å². The Bertz CT molecular complexity index is 4110. The molecule has 370 valence electrons. The first kappa shape index (κ1) is 46.4. The van der Waals surface area contributed by atoms with Gasteiger partial charge < -0.3 is 18.6 Å². The molecule has 0 spiro atoms. The van der Waals surface area contributed by atoms with Gasteiger partial charge in [-0.1, -0.05) is 206 Å². The van der Waals surface area contributed by atoms with Gasteiger partial charge in [0.2, 0.25) is 0 Å². The van der Waals surface area contributed by atoms with Gasteiger partial charge in [-0.15, -0.1) is 0 Å². The van der Waals surface area contributed by atoms with Crippen molar-refractivity contribution in [2.24, 2.45) is 0 Å². The molecule has 0 atom stereocenters. The van der Waals surface area contributed by atoms with Gasteiger partial charge in [-0.2, -0.15) is 0 Å². The first-order valence-corrected chi connectivity index (χ1v) is 26.6. The molecular weight excluding hydrogens is 949 g/mol. The summed E-state index contributed by atoms with van der Waals surface area (Å²) < 4.78 is 12.8. The van der Waals surface area contributed by atoms with Gasteiger partial charge >= 0.3 is 0 Å². The molecule has 4 heteroatoms. The highest BCUT2D eigenvalue weighted by atomic mass is 16.3. The molecule has 0 aliphatic carbocycles. The molecule has 14 aromatic rings. The van der Waals surface area contributed by atoms with Crippen molar-refractivity contribution in [3.05, 3.63) is 290 Å². The second-order valence-corrected chi connectivity index (χ2v) is 20.1. The molecule has 2 aromatic heterocycles. The van der Waals surface area contributed by atoms with E-state index in [0.29, 0.717) is 0 Å². The van der Waals surface area contributed by atoms with Crippen LogP contribution in [0.4, 0.5) is 34.1 Å². The molecule has 4 nitrogen and oxygen atoms in total. The SMILES string of the molecule is Cc1cc(-c2ccc(N(c3ccc4oc5ccccc5c4c3)c3c(-c4ccccc4)cccc3-c3ccccc3)c(C)c2)ccc1N(c1ccc2oc3ccccc3c2c1)c1c(-c2ccccc2)cccc1-c1ccccc1. The Hall–Kier alpha value is -10.2. The Balaban J connectivity index is 0.946. The summed E-state index contributed by atoms with van der Waals surface area (Å²) in [5.41, 5.74) is 23.6. The van der Waals surface area contributed by atoms with Crippen LogP contribution in [0.25, 0.3) is 99.5 Å². The van der Waals surface area contributed by atoms with E-state index in [1.165, 1.54) is 0 Å². The summed E-state index contributed by atoms with van der Waals surface area (Å²) in [6.45, 7) is 4.49. The Morgan fingerprint density at radius 2 is 0.564 bits per heavy atom. The van der Waals surface area contributed by atoms with Gasteiger partial charge in [-0.05, 0) is 131 Å². The van der Waals surface area contributed by atoms with Crippen LogP contribution in [0.2, 0.25) is 0 Å². The van der Waals surface area contributed by atoms with E-state index in [1.807, 2.05) is 24.3 Å². The van der Waals surface area contributed by atoms with E-state index in [0.717, 1.165) is 145 Å². The number of para-hydroxylation sites is 4. The van der Waals surface area contributed by atoms with Crippen LogP contribution >= 0.6 is 0 Å². The summed E-state index contributed by atoms with van der Waals surface area (Å²) in [6.07, 6.45) is 0. The third-order valence-electron chi connectivity index (χ3n) is 15.3. The molecule has 0 aliphatic heterocycles. The number of hydrogen-bond donors (Lipinski definition) is 0. The van der Waals surface area contributed by atoms with E-state index < -0.39 is 0 Å². The van der Waals surface area contributed by atoms with E-state index in [-0.39, 0.29) is 0 Å². The third kappa shape index (κ3) is 8.19. The lowest BCUT2D eigenvalue weighted by atomic mass is 9.92. The highest BCUT2D eigenvalue weighted by molar-refractivity contribution is 6.09. The van der Waals surface area contributed by atoms with E-state index in [2.05, 4.69) is 278 Å². The van der Waals surface area contributed by atoms with E-state index in [9.17, 15) is 0 Å². The minimum absolute atomic E-state index is 0.861. The van der Waals surface area contributed by atoms with Crippen LogP contribution in [0.3, 0.4) is 0 Å². The Morgan fingerprint density at radius 1 is 0.244 bits per heavy atom. The number of fused-ring (bicyclic) bond motifs is 6. The van der Waals surface area contributed by atoms with Gasteiger partial charge in [0, 0.05) is 66.5 Å². The predicted molar refractivity (Wildman–Crippen MR) is 327 cm³/mol. The van der Waals surface area contributed by atoms with Gasteiger partial charge in [-0.25, -0.2) is 0 Å². The molecule has 0 N–H and O–H groups in total. The molecule has 0 saturated heterocycles. The molecule has 0 unspecified atom stereocenters. The quantitative estimate of drug-likeness (QED) is 0.129. The standard InChI is InChI=1S/C74H52N2O2/c1-49-45-55(37-41-67(49)75(57-39-43-71-65(47-57)63-29-15-17-35-69(63)77-71)73-59(51-21-7-3-8-22-51)31-19-32-60(73)52-23-9-4-10-24-52)56-38-42-68(50(2)46-56)76(58-40-44-72-66(48-58)64-30-16-18-36-70(64)78-72)74-61(53-25-11-5-12-26-53)33-20-34-62(74)54-27-13-6-14-28-54/h3-48H,1-2H3. The van der Waals surface area contributed by atoms with Crippen molar-refractivity contribution in [2.75, 3.05) is 9.80 Å². The van der Waals surface area contributed by atoms with Crippen molar-refractivity contribution in [3.63, 3.8) is 0 Å². The number of nitrogens with zero attached hydrogens (tertiary/aromatic N) is 2. The first-order chi connectivity index (χ1) is 38.5. The summed E-state index contributed by atoms with van der Waals surface area (Å²) >= 11 is 0. The summed E-state index contributed by atoms with van der Waals surface area (Å²) in [7, 11) is 0. The largest absolute Gasteiger partial charge is 0.456 e. The van der Waals surface area contributed by atoms with Crippen LogP contribution in [0.1, 0.15) is 11.1 Å². The van der Waals surface area contributed by atoms with Crippen LogP contribution < -0.4 is 9.80 Å². The van der Waals surface area contributed by atoms with Crippen LogP contribution in [-0.4, -0.2) is 0 Å². The fourth-order valence-electron chi connectivity index (χ4n) is 11.6. The topological polar surface area (TPSA) is 32.8 Å². The molecule has 78 heavy (non-hydrogen) atoms. The third-order valence-corrected chi connectivity index (χ3v) is 15.3. The molecule has 0 bridgehead atoms. The predicted octanol–water partition coefficient (Wildman–Crippen LogP) is 21.4. The molecular formula is C74H52N2O2. The number of furan rings is 2. The second kappa shape index (κ2) is 19.5. The molecule has 2 heterocycles. The molecule has 0 fully saturated rings. The van der Waals surface area contributed by atoms with E-state index in [4.69, 9.17) is 8.83 Å². The summed E-state index contributed by atoms with van der Waals surface area (Å²) in [6, 6.07) is 100. The molecule has 0 aliphatic rings. The van der Waals surface area contributed by atoms with Crippen LogP contribution in [0.5, 0.6) is 0 Å². The maximum Gasteiger partial charge on any atom is 0.135 e. The molecule has 0 saturated carbocycles. The monoisotopic (exact) mass is 1000 g/mol. The first-order valence-electron chi connectivity index (χ1n) is 26.6. The lowest BCUT2D eigenvalue weighted by Gasteiger charge is -2.32. The minimum atomic E-state index is 0.861. The Morgan fingerprint density at radius 3 is 0.910 bits per heavy atom. The number of rotatable bonds is 11. The van der Waals surface area contributed by atoms with Crippen molar-refractivity contribution < 1.29 is 8.83 Å². The van der Waals surface area contributed by atoms with E-state index >= 15 is 0 Å². The smallest absolute Gasteiger partial charge is 0.135 e.